The summed E-state index contributed by atoms with van der Waals surface area (Å²) in [5.41, 5.74) is 3.90. The molecule has 0 radical (unpaired) electrons. The van der Waals surface area contributed by atoms with Crippen molar-refractivity contribution in [1.29, 1.82) is 5.26 Å². The van der Waals surface area contributed by atoms with E-state index in [-0.39, 0.29) is 0 Å². The Morgan fingerprint density at radius 2 is 1.90 bits per heavy atom. The number of methoxy groups -OCH3 is 2. The molecule has 0 saturated carbocycles. The molecule has 30 heavy (non-hydrogen) atoms. The molecule has 0 spiro atoms. The summed E-state index contributed by atoms with van der Waals surface area (Å²) in [7, 11) is 2.95. The number of fused-ring (bicyclic) bond motifs is 3. The molecule has 1 aliphatic rings. The summed E-state index contributed by atoms with van der Waals surface area (Å²) in [4.78, 5) is 11.8. The standard InChI is InChI=1S/C24H21NO5/c1-27-23(26)16-12-10-15(11-13-16)20-19(9-5-6-14-25)29-22-17-7-3-4-8-18(17)30-24(28-2)21(20)22/h3-4,7-8,10-13,24H,5-6,9H2,1-2H3. The second-order valence-electron chi connectivity index (χ2n) is 6.91. The Hall–Kier alpha value is -3.56. The van der Waals surface area contributed by atoms with Crippen molar-refractivity contribution >= 4 is 5.97 Å². The molecule has 3 aromatic rings. The lowest BCUT2D eigenvalue weighted by Gasteiger charge is -2.25. The molecule has 0 bridgehead atoms. The van der Waals surface area contributed by atoms with Crippen molar-refractivity contribution in [2.75, 3.05) is 14.2 Å². The van der Waals surface area contributed by atoms with E-state index < -0.39 is 12.3 Å². The van der Waals surface area contributed by atoms with Crippen molar-refractivity contribution in [2.45, 2.75) is 25.6 Å². The van der Waals surface area contributed by atoms with Crippen LogP contribution in [0.15, 0.2) is 52.9 Å². The van der Waals surface area contributed by atoms with Crippen LogP contribution in [0, 0.1) is 11.3 Å². The van der Waals surface area contributed by atoms with Gasteiger partial charge in [0.05, 0.1) is 29.9 Å². The molecule has 6 nitrogen and oxygen atoms in total. The van der Waals surface area contributed by atoms with Crippen LogP contribution >= 0.6 is 0 Å². The van der Waals surface area contributed by atoms with Gasteiger partial charge in [0.25, 0.3) is 0 Å². The second-order valence-corrected chi connectivity index (χ2v) is 6.91. The van der Waals surface area contributed by atoms with Gasteiger partial charge in [-0.15, -0.1) is 0 Å². The minimum Gasteiger partial charge on any atom is -0.465 e. The first-order chi connectivity index (χ1) is 14.7. The number of esters is 1. The normalized spacial score (nSPS) is 14.2. The van der Waals surface area contributed by atoms with Crippen LogP contribution in [0.25, 0.3) is 22.5 Å². The molecule has 0 fully saturated rings. The number of nitrogens with zero attached hydrogens (tertiary/aromatic N) is 1. The number of hydrogen-bond donors (Lipinski definition) is 0. The van der Waals surface area contributed by atoms with Gasteiger partial charge in [0, 0.05) is 25.5 Å². The van der Waals surface area contributed by atoms with Crippen molar-refractivity contribution in [3.8, 4) is 34.3 Å². The van der Waals surface area contributed by atoms with Crippen LogP contribution in [0.2, 0.25) is 0 Å². The minimum absolute atomic E-state index is 0.392. The fourth-order valence-electron chi connectivity index (χ4n) is 3.73. The van der Waals surface area contributed by atoms with Gasteiger partial charge in [-0.05, 0) is 36.2 Å². The van der Waals surface area contributed by atoms with E-state index in [0.717, 1.165) is 28.0 Å². The number of nitriles is 1. The molecular weight excluding hydrogens is 382 g/mol. The molecule has 0 saturated heterocycles. The third-order valence-electron chi connectivity index (χ3n) is 5.12. The zero-order chi connectivity index (χ0) is 21.1. The summed E-state index contributed by atoms with van der Waals surface area (Å²) in [6.07, 6.45) is 1.09. The van der Waals surface area contributed by atoms with E-state index in [9.17, 15) is 4.79 Å². The monoisotopic (exact) mass is 403 g/mol. The minimum atomic E-state index is -0.626. The van der Waals surface area contributed by atoms with Crippen LogP contribution < -0.4 is 4.74 Å². The smallest absolute Gasteiger partial charge is 0.337 e. The van der Waals surface area contributed by atoms with Crippen LogP contribution in [-0.4, -0.2) is 20.2 Å². The van der Waals surface area contributed by atoms with Gasteiger partial charge in [-0.1, -0.05) is 24.3 Å². The Morgan fingerprint density at radius 1 is 1.13 bits per heavy atom. The van der Waals surface area contributed by atoms with Crippen LogP contribution in [0.1, 0.15) is 40.8 Å². The summed E-state index contributed by atoms with van der Waals surface area (Å²) in [6.45, 7) is 0. The molecule has 0 N–H and O–H groups in total. The Bertz CT molecular complexity index is 1110. The van der Waals surface area contributed by atoms with Crippen LogP contribution in [0.5, 0.6) is 5.75 Å². The average molecular weight is 403 g/mol. The Morgan fingerprint density at radius 3 is 2.60 bits per heavy atom. The molecule has 2 aromatic carbocycles. The molecule has 152 valence electrons. The molecular formula is C24H21NO5. The van der Waals surface area contributed by atoms with Gasteiger partial charge in [0.2, 0.25) is 6.29 Å². The van der Waals surface area contributed by atoms with E-state index in [0.29, 0.717) is 36.3 Å². The number of carbonyl (C=O) groups excluding carboxylic acids is 1. The highest BCUT2D eigenvalue weighted by molar-refractivity contribution is 5.90. The molecule has 2 heterocycles. The summed E-state index contributed by atoms with van der Waals surface area (Å²) in [5.74, 6) is 1.78. The maximum Gasteiger partial charge on any atom is 0.337 e. The van der Waals surface area contributed by atoms with Gasteiger partial charge in [-0.3, -0.25) is 0 Å². The SMILES string of the molecule is COC(=O)c1ccc(-c2c(CCCC#N)oc3c2C(OC)Oc2ccccc2-3)cc1. The molecule has 1 atom stereocenters. The topological polar surface area (TPSA) is 81.7 Å². The highest BCUT2D eigenvalue weighted by atomic mass is 16.7. The van der Waals surface area contributed by atoms with Gasteiger partial charge in [-0.25, -0.2) is 4.79 Å². The Kier molecular flexibility index (Phi) is 5.55. The number of rotatable bonds is 6. The number of ether oxygens (including phenoxy) is 3. The average Bonchev–Trinajstić information content (AvgIpc) is 3.18. The number of benzene rings is 2. The summed E-state index contributed by atoms with van der Waals surface area (Å²) in [6, 6.07) is 17.0. The van der Waals surface area contributed by atoms with Crippen LogP contribution in [-0.2, 0) is 15.9 Å². The quantitative estimate of drug-likeness (QED) is 0.411. The number of aryl methyl sites for hydroxylation is 1. The van der Waals surface area contributed by atoms with Crippen molar-refractivity contribution in [2.24, 2.45) is 0 Å². The van der Waals surface area contributed by atoms with Crippen LogP contribution in [0.4, 0.5) is 0 Å². The van der Waals surface area contributed by atoms with E-state index in [1.165, 1.54) is 7.11 Å². The third-order valence-corrected chi connectivity index (χ3v) is 5.12. The first-order valence-corrected chi connectivity index (χ1v) is 9.68. The van der Waals surface area contributed by atoms with Crippen molar-refractivity contribution in [3.63, 3.8) is 0 Å². The number of furan rings is 1. The highest BCUT2D eigenvalue weighted by Gasteiger charge is 2.34. The predicted octanol–water partition coefficient (Wildman–Crippen LogP) is 5.28. The van der Waals surface area contributed by atoms with Gasteiger partial charge < -0.3 is 18.6 Å². The lowest BCUT2D eigenvalue weighted by molar-refractivity contribution is -0.0579. The zero-order valence-electron chi connectivity index (χ0n) is 16.8. The summed E-state index contributed by atoms with van der Waals surface area (Å²) < 4.78 is 22.9. The lowest BCUT2D eigenvalue weighted by Crippen LogP contribution is -2.15. The third kappa shape index (κ3) is 3.44. The largest absolute Gasteiger partial charge is 0.465 e. The lowest BCUT2D eigenvalue weighted by atomic mass is 9.94. The van der Waals surface area contributed by atoms with E-state index >= 15 is 0 Å². The van der Waals surface area contributed by atoms with E-state index in [2.05, 4.69) is 6.07 Å². The van der Waals surface area contributed by atoms with Gasteiger partial charge in [0.15, 0.2) is 0 Å². The molecule has 1 aliphatic heterocycles. The second kappa shape index (κ2) is 8.44. The van der Waals surface area contributed by atoms with Crippen LogP contribution in [0.3, 0.4) is 0 Å². The maximum absolute atomic E-state index is 11.8. The zero-order valence-corrected chi connectivity index (χ0v) is 16.8. The number of para-hydroxylation sites is 1. The number of carbonyl (C=O) groups is 1. The fraction of sp³-hybridized carbons (Fsp3) is 0.250. The molecule has 4 rings (SSSR count). The number of unbranched alkanes of at least 4 members (excludes halogenated alkanes) is 1. The molecule has 0 amide bonds. The van der Waals surface area contributed by atoms with Crippen molar-refractivity contribution in [3.05, 3.63) is 65.4 Å². The van der Waals surface area contributed by atoms with E-state index in [4.69, 9.17) is 23.9 Å². The molecule has 1 aromatic heterocycles. The Labute approximate surface area is 174 Å². The Balaban J connectivity index is 1.87. The van der Waals surface area contributed by atoms with Gasteiger partial charge >= 0.3 is 5.97 Å². The van der Waals surface area contributed by atoms with Crippen molar-refractivity contribution in [1.82, 2.24) is 0 Å². The molecule has 6 heteroatoms. The first kappa shape index (κ1) is 19.7. The predicted molar refractivity (Wildman–Crippen MR) is 110 cm³/mol. The van der Waals surface area contributed by atoms with E-state index in [1.54, 1.807) is 19.2 Å². The van der Waals surface area contributed by atoms with Crippen molar-refractivity contribution < 1.29 is 23.4 Å². The summed E-state index contributed by atoms with van der Waals surface area (Å²) >= 11 is 0. The molecule has 1 unspecified atom stereocenters. The van der Waals surface area contributed by atoms with E-state index in [1.807, 2.05) is 36.4 Å². The van der Waals surface area contributed by atoms with Gasteiger partial charge in [-0.2, -0.15) is 5.26 Å². The number of hydrogen-bond acceptors (Lipinski definition) is 6. The summed E-state index contributed by atoms with van der Waals surface area (Å²) in [5, 5.41) is 8.94. The highest BCUT2D eigenvalue weighted by Crippen LogP contribution is 2.49. The first-order valence-electron chi connectivity index (χ1n) is 9.68. The fourth-order valence-corrected chi connectivity index (χ4v) is 3.73. The maximum atomic E-state index is 11.8. The molecule has 0 aliphatic carbocycles. The van der Waals surface area contributed by atoms with Gasteiger partial charge in [0.1, 0.15) is 17.3 Å².